The summed E-state index contributed by atoms with van der Waals surface area (Å²) in [5.41, 5.74) is 2.92. The van der Waals surface area contributed by atoms with Crippen molar-refractivity contribution in [2.75, 3.05) is 11.1 Å². The minimum Gasteiger partial charge on any atom is -0.486 e. The molecule has 1 heterocycles. The quantitative estimate of drug-likeness (QED) is 0.332. The van der Waals surface area contributed by atoms with E-state index >= 15 is 0 Å². The molecule has 0 aliphatic rings. The van der Waals surface area contributed by atoms with Crippen molar-refractivity contribution >= 4 is 35.0 Å². The van der Waals surface area contributed by atoms with Crippen LogP contribution in [0.15, 0.2) is 78.0 Å². The molecule has 34 heavy (non-hydrogen) atoms. The Morgan fingerprint density at radius 2 is 1.85 bits per heavy atom. The van der Waals surface area contributed by atoms with E-state index in [1.54, 1.807) is 36.4 Å². The molecule has 4 rings (SSSR count). The molecule has 0 saturated heterocycles. The first-order valence-corrected chi connectivity index (χ1v) is 11.7. The van der Waals surface area contributed by atoms with E-state index < -0.39 is 0 Å². The normalized spacial score (nSPS) is 10.5. The zero-order valence-electron chi connectivity index (χ0n) is 18.2. The van der Waals surface area contributed by atoms with Gasteiger partial charge in [0.1, 0.15) is 12.4 Å². The molecule has 1 N–H and O–H groups in total. The number of carbonyl (C=O) groups is 1. The molecule has 7 nitrogen and oxygen atoms in total. The Hall–Kier alpha value is -3.80. The van der Waals surface area contributed by atoms with Crippen molar-refractivity contribution in [3.8, 4) is 17.5 Å². The number of halogens is 1. The van der Waals surface area contributed by atoms with Crippen LogP contribution in [0.2, 0.25) is 5.02 Å². The number of nitriles is 1. The Bertz CT molecular complexity index is 1330. The minimum absolute atomic E-state index is 0.146. The number of hydrogen-bond donors (Lipinski definition) is 1. The highest BCUT2D eigenvalue weighted by atomic mass is 35.5. The van der Waals surface area contributed by atoms with E-state index in [2.05, 4.69) is 21.6 Å². The third-order valence-corrected chi connectivity index (χ3v) is 6.28. The van der Waals surface area contributed by atoms with Gasteiger partial charge in [-0.3, -0.25) is 9.36 Å². The SMILES string of the molecule is Cc1c(Cl)cccc1NC(=O)CSc1nnc(COc2ccc(C#N)cc2)n1-c1ccccc1. The summed E-state index contributed by atoms with van der Waals surface area (Å²) in [6.07, 6.45) is 0. The molecule has 0 radical (unpaired) electrons. The highest BCUT2D eigenvalue weighted by Crippen LogP contribution is 2.25. The number of rotatable bonds is 8. The molecule has 0 bridgehead atoms. The van der Waals surface area contributed by atoms with Gasteiger partial charge in [-0.1, -0.05) is 47.6 Å². The highest BCUT2D eigenvalue weighted by Gasteiger charge is 2.17. The van der Waals surface area contributed by atoms with Crippen LogP contribution in [0.4, 0.5) is 5.69 Å². The minimum atomic E-state index is -0.173. The molecule has 0 atom stereocenters. The molecule has 9 heteroatoms. The third-order valence-electron chi connectivity index (χ3n) is 4.94. The van der Waals surface area contributed by atoms with Crippen LogP contribution in [0.5, 0.6) is 5.75 Å². The lowest BCUT2D eigenvalue weighted by Gasteiger charge is -2.12. The number of nitrogens with zero attached hydrogens (tertiary/aromatic N) is 4. The average molecular weight is 490 g/mol. The first kappa shape index (κ1) is 23.4. The molecule has 0 unspecified atom stereocenters. The largest absolute Gasteiger partial charge is 0.486 e. The number of aromatic nitrogens is 3. The Balaban J connectivity index is 1.49. The second-order valence-corrected chi connectivity index (χ2v) is 8.59. The lowest BCUT2D eigenvalue weighted by Crippen LogP contribution is -2.15. The lowest BCUT2D eigenvalue weighted by molar-refractivity contribution is -0.113. The maximum atomic E-state index is 12.6. The predicted molar refractivity (Wildman–Crippen MR) is 132 cm³/mol. The van der Waals surface area contributed by atoms with Gasteiger partial charge >= 0.3 is 0 Å². The summed E-state index contributed by atoms with van der Waals surface area (Å²) in [4.78, 5) is 12.6. The van der Waals surface area contributed by atoms with Crippen molar-refractivity contribution in [1.29, 1.82) is 5.26 Å². The first-order chi connectivity index (χ1) is 16.5. The smallest absolute Gasteiger partial charge is 0.234 e. The number of thioether (sulfide) groups is 1. The molecule has 0 aliphatic heterocycles. The fourth-order valence-corrected chi connectivity index (χ4v) is 4.10. The molecule has 1 amide bonds. The Morgan fingerprint density at radius 3 is 2.59 bits per heavy atom. The fraction of sp³-hybridized carbons (Fsp3) is 0.120. The standard InChI is InChI=1S/C25H20ClN5O2S/c1-17-21(26)8-5-9-22(17)28-24(32)16-34-25-30-29-23(31(25)19-6-3-2-4-7-19)15-33-20-12-10-18(14-27)11-13-20/h2-13H,15-16H2,1H3,(H,28,32). The van der Waals surface area contributed by atoms with Crippen LogP contribution in [0, 0.1) is 18.3 Å². The van der Waals surface area contributed by atoms with Gasteiger partial charge in [-0.25, -0.2) is 0 Å². The van der Waals surface area contributed by atoms with Crippen LogP contribution < -0.4 is 10.1 Å². The maximum Gasteiger partial charge on any atom is 0.234 e. The van der Waals surface area contributed by atoms with Gasteiger partial charge in [-0.15, -0.1) is 10.2 Å². The molecular formula is C25H20ClN5O2S. The Morgan fingerprint density at radius 1 is 1.09 bits per heavy atom. The van der Waals surface area contributed by atoms with E-state index in [-0.39, 0.29) is 18.3 Å². The molecule has 3 aromatic carbocycles. The summed E-state index contributed by atoms with van der Waals surface area (Å²) in [6.45, 7) is 2.03. The van der Waals surface area contributed by atoms with E-state index in [9.17, 15) is 4.79 Å². The number of benzene rings is 3. The van der Waals surface area contributed by atoms with E-state index in [1.807, 2.05) is 47.9 Å². The van der Waals surface area contributed by atoms with E-state index in [0.717, 1.165) is 11.3 Å². The lowest BCUT2D eigenvalue weighted by atomic mass is 10.2. The summed E-state index contributed by atoms with van der Waals surface area (Å²) in [6, 6.07) is 24.0. The van der Waals surface area contributed by atoms with Crippen molar-refractivity contribution in [3.05, 3.63) is 94.8 Å². The van der Waals surface area contributed by atoms with Gasteiger partial charge in [0, 0.05) is 16.4 Å². The number of carbonyl (C=O) groups excluding carboxylic acids is 1. The summed E-state index contributed by atoms with van der Waals surface area (Å²) in [7, 11) is 0. The molecule has 4 aromatic rings. The number of anilines is 1. The van der Waals surface area contributed by atoms with Crippen molar-refractivity contribution in [1.82, 2.24) is 14.8 Å². The number of amides is 1. The van der Waals surface area contributed by atoms with Gasteiger partial charge < -0.3 is 10.1 Å². The first-order valence-electron chi connectivity index (χ1n) is 10.4. The zero-order chi connectivity index (χ0) is 23.9. The second kappa shape index (κ2) is 10.9. The van der Waals surface area contributed by atoms with Gasteiger partial charge in [-0.2, -0.15) is 5.26 Å². The molecular weight excluding hydrogens is 470 g/mol. The van der Waals surface area contributed by atoms with Crippen LogP contribution in [-0.4, -0.2) is 26.4 Å². The summed E-state index contributed by atoms with van der Waals surface area (Å²) >= 11 is 7.43. The van der Waals surface area contributed by atoms with Crippen LogP contribution in [0.1, 0.15) is 17.0 Å². The summed E-state index contributed by atoms with van der Waals surface area (Å²) in [5.74, 6) is 1.18. The van der Waals surface area contributed by atoms with Crippen LogP contribution in [0.25, 0.3) is 5.69 Å². The number of hydrogen-bond acceptors (Lipinski definition) is 6. The number of nitrogens with one attached hydrogen (secondary N) is 1. The van der Waals surface area contributed by atoms with Gasteiger partial charge in [0.15, 0.2) is 11.0 Å². The molecule has 0 aliphatic carbocycles. The van der Waals surface area contributed by atoms with Crippen LogP contribution >= 0.6 is 23.4 Å². The zero-order valence-corrected chi connectivity index (χ0v) is 19.8. The topological polar surface area (TPSA) is 92.8 Å². The predicted octanol–water partition coefficient (Wildman–Crippen LogP) is 5.41. The second-order valence-electron chi connectivity index (χ2n) is 7.24. The summed E-state index contributed by atoms with van der Waals surface area (Å²) < 4.78 is 7.73. The fourth-order valence-electron chi connectivity index (χ4n) is 3.16. The van der Waals surface area contributed by atoms with Gasteiger partial charge in [0.25, 0.3) is 0 Å². The van der Waals surface area contributed by atoms with Crippen molar-refractivity contribution in [3.63, 3.8) is 0 Å². The van der Waals surface area contributed by atoms with Gasteiger partial charge in [-0.05, 0) is 61.0 Å². The van der Waals surface area contributed by atoms with E-state index in [1.165, 1.54) is 11.8 Å². The van der Waals surface area contributed by atoms with Crippen molar-refractivity contribution in [2.24, 2.45) is 0 Å². The van der Waals surface area contributed by atoms with Gasteiger partial charge in [0.05, 0.1) is 17.4 Å². The van der Waals surface area contributed by atoms with Crippen molar-refractivity contribution < 1.29 is 9.53 Å². The molecule has 170 valence electrons. The maximum absolute atomic E-state index is 12.6. The number of para-hydroxylation sites is 1. The molecule has 0 saturated carbocycles. The van der Waals surface area contributed by atoms with Crippen LogP contribution in [0.3, 0.4) is 0 Å². The molecule has 0 fully saturated rings. The Labute approximate surface area is 206 Å². The highest BCUT2D eigenvalue weighted by molar-refractivity contribution is 7.99. The van der Waals surface area contributed by atoms with E-state index in [0.29, 0.717) is 33.0 Å². The monoisotopic (exact) mass is 489 g/mol. The van der Waals surface area contributed by atoms with E-state index in [4.69, 9.17) is 21.6 Å². The molecule has 0 spiro atoms. The van der Waals surface area contributed by atoms with Crippen LogP contribution in [-0.2, 0) is 11.4 Å². The number of ether oxygens (including phenoxy) is 1. The summed E-state index contributed by atoms with van der Waals surface area (Å²) in [5, 5.41) is 21.6. The average Bonchev–Trinajstić information content (AvgIpc) is 3.28. The van der Waals surface area contributed by atoms with Crippen molar-refractivity contribution in [2.45, 2.75) is 18.7 Å². The molecule has 1 aromatic heterocycles. The van der Waals surface area contributed by atoms with Gasteiger partial charge in [0.2, 0.25) is 5.91 Å². The Kier molecular flexibility index (Phi) is 7.48. The third kappa shape index (κ3) is 5.57.